The fourth-order valence-corrected chi connectivity index (χ4v) is 10.5. The number of ketones is 1. The van der Waals surface area contributed by atoms with E-state index in [-0.39, 0.29) is 117 Å². The monoisotopic (exact) mass is 733 g/mol. The molecule has 0 saturated carbocycles. The number of halogens is 1. The second-order valence-corrected chi connectivity index (χ2v) is 16.6. The Labute approximate surface area is 307 Å². The number of Topliss-reactive ketones (excluding diaryl/α,β-unsaturated/α-hetero) is 1. The molecule has 6 bridgehead atoms. The highest BCUT2D eigenvalue weighted by atomic mass is 19.1. The minimum atomic E-state index is -1.22. The fraction of sp³-hybridized carbons (Fsp3) is 0.875. The second-order valence-electron chi connectivity index (χ2n) is 16.6. The first-order chi connectivity index (χ1) is 25.3. The molecule has 0 aromatic rings. The van der Waals surface area contributed by atoms with Crippen LogP contribution in [0.25, 0.3) is 0 Å². The van der Waals surface area contributed by atoms with Gasteiger partial charge in [0, 0.05) is 58.5 Å². The summed E-state index contributed by atoms with van der Waals surface area (Å²) in [5.41, 5.74) is 7.86. The highest BCUT2D eigenvalue weighted by Gasteiger charge is 2.60. The van der Waals surface area contributed by atoms with Crippen LogP contribution in [0.3, 0.4) is 0 Å². The smallest absolute Gasteiger partial charge is 0.135 e. The van der Waals surface area contributed by atoms with Crippen LogP contribution in [0.2, 0.25) is 0 Å². The number of fused-ring (bicyclic) bond motifs is 10. The highest BCUT2D eigenvalue weighted by molar-refractivity contribution is 5.79. The Kier molecular flexibility index (Phi) is 11.9. The predicted octanol–water partition coefficient (Wildman–Crippen LogP) is 4.46. The van der Waals surface area contributed by atoms with Crippen LogP contribution in [0.5, 0.6) is 0 Å². The number of alkyl halides is 1. The normalized spacial score (nSPS) is 47.9. The molecule has 0 amide bonds. The van der Waals surface area contributed by atoms with Crippen molar-refractivity contribution >= 4 is 5.78 Å². The van der Waals surface area contributed by atoms with Gasteiger partial charge in [0.25, 0.3) is 0 Å². The minimum Gasteiger partial charge on any atom is -0.378 e. The van der Waals surface area contributed by atoms with Gasteiger partial charge in [-0.2, -0.15) is 0 Å². The summed E-state index contributed by atoms with van der Waals surface area (Å²) < 4.78 is 73.2. The largest absolute Gasteiger partial charge is 0.378 e. The topological polar surface area (TPSA) is 126 Å². The number of hydrogen-bond acceptors (Lipinski definition) is 11. The van der Waals surface area contributed by atoms with E-state index in [0.717, 1.165) is 68.9 Å². The molecule has 8 aliphatic rings. The van der Waals surface area contributed by atoms with Crippen LogP contribution in [-0.2, 0) is 47.4 Å². The lowest BCUT2D eigenvalue weighted by Crippen LogP contribution is -2.62. The third kappa shape index (κ3) is 7.86. The molecule has 8 saturated heterocycles. The third-order valence-electron chi connectivity index (χ3n) is 13.2. The average Bonchev–Trinajstić information content (AvgIpc) is 3.89. The molecule has 0 spiro atoms. The van der Waals surface area contributed by atoms with Gasteiger partial charge in [0.2, 0.25) is 0 Å². The maximum absolute atomic E-state index is 14.7. The molecule has 8 rings (SSSR count). The molecule has 0 radical (unpaired) electrons. The molecular weight excluding hydrogens is 673 g/mol. The number of carbonyl (C=O) groups excluding carboxylic acids is 1. The SMILES string of the molecule is C=C1CC2CCCOC3C4OC5CCOC5[C@@H]4OC4CCC(CC(=O)CC5[C@@H](OC)C(C[C@@H](F)CN)O[C@H]5C[C@H]5OC(CCC5=C)CC[C@@H]1O2)O[C@@H]43. The van der Waals surface area contributed by atoms with Crippen molar-refractivity contribution in [2.75, 3.05) is 26.9 Å². The molecule has 292 valence electrons. The van der Waals surface area contributed by atoms with Crippen molar-refractivity contribution in [3.05, 3.63) is 24.3 Å². The van der Waals surface area contributed by atoms with E-state index < -0.39 is 18.4 Å². The predicted molar refractivity (Wildman–Crippen MR) is 188 cm³/mol. The molecular formula is C40H60FNO10. The Morgan fingerprint density at radius 2 is 1.48 bits per heavy atom. The van der Waals surface area contributed by atoms with Gasteiger partial charge < -0.3 is 48.4 Å². The maximum atomic E-state index is 14.7. The summed E-state index contributed by atoms with van der Waals surface area (Å²) in [5.74, 6) is -0.196. The van der Waals surface area contributed by atoms with Gasteiger partial charge in [-0.3, -0.25) is 4.79 Å². The molecule has 12 heteroatoms. The van der Waals surface area contributed by atoms with E-state index in [2.05, 4.69) is 13.2 Å². The Morgan fingerprint density at radius 3 is 2.31 bits per heavy atom. The zero-order chi connectivity index (χ0) is 35.9. The van der Waals surface area contributed by atoms with E-state index in [0.29, 0.717) is 26.1 Å². The average molecular weight is 734 g/mol. The molecule has 10 unspecified atom stereocenters. The maximum Gasteiger partial charge on any atom is 0.135 e. The van der Waals surface area contributed by atoms with Crippen LogP contribution >= 0.6 is 0 Å². The molecule has 0 aliphatic carbocycles. The van der Waals surface area contributed by atoms with Gasteiger partial charge in [0.1, 0.15) is 42.5 Å². The molecule has 8 fully saturated rings. The fourth-order valence-electron chi connectivity index (χ4n) is 10.5. The van der Waals surface area contributed by atoms with Crippen molar-refractivity contribution in [1.29, 1.82) is 0 Å². The van der Waals surface area contributed by atoms with Crippen LogP contribution in [0.4, 0.5) is 4.39 Å². The van der Waals surface area contributed by atoms with Crippen molar-refractivity contribution in [3.8, 4) is 0 Å². The summed E-state index contributed by atoms with van der Waals surface area (Å²) in [6, 6.07) is 0. The number of carbonyl (C=O) groups is 1. The van der Waals surface area contributed by atoms with Crippen molar-refractivity contribution in [1.82, 2.24) is 0 Å². The van der Waals surface area contributed by atoms with E-state index in [4.69, 9.17) is 48.4 Å². The van der Waals surface area contributed by atoms with E-state index >= 15 is 0 Å². The molecule has 8 aliphatic heterocycles. The lowest BCUT2D eigenvalue weighted by Gasteiger charge is -2.48. The van der Waals surface area contributed by atoms with Gasteiger partial charge in [-0.05, 0) is 75.4 Å². The highest BCUT2D eigenvalue weighted by Crippen LogP contribution is 2.45. The van der Waals surface area contributed by atoms with Crippen molar-refractivity contribution in [2.24, 2.45) is 11.7 Å². The first-order valence-electron chi connectivity index (χ1n) is 20.2. The van der Waals surface area contributed by atoms with Crippen molar-refractivity contribution < 1.29 is 51.8 Å². The Hall–Kier alpha value is -1.32. The molecule has 0 aromatic heterocycles. The molecule has 11 nitrogen and oxygen atoms in total. The lowest BCUT2D eigenvalue weighted by atomic mass is 9.83. The van der Waals surface area contributed by atoms with E-state index in [1.165, 1.54) is 0 Å². The molecule has 17 atom stereocenters. The molecule has 52 heavy (non-hydrogen) atoms. The van der Waals surface area contributed by atoms with Gasteiger partial charge in [0.15, 0.2) is 0 Å². The molecule has 0 aromatic carbocycles. The van der Waals surface area contributed by atoms with Crippen LogP contribution in [0.15, 0.2) is 24.3 Å². The zero-order valence-corrected chi connectivity index (χ0v) is 30.8. The third-order valence-corrected chi connectivity index (χ3v) is 13.2. The van der Waals surface area contributed by atoms with Crippen molar-refractivity contribution in [2.45, 2.75) is 188 Å². The van der Waals surface area contributed by atoms with Crippen LogP contribution in [0.1, 0.15) is 89.9 Å². The number of ether oxygens (including phenoxy) is 9. The first kappa shape index (κ1) is 37.6. The lowest BCUT2D eigenvalue weighted by molar-refractivity contribution is -0.271. The van der Waals surface area contributed by atoms with Gasteiger partial charge in [0.05, 0.1) is 61.0 Å². The number of methoxy groups -OCH3 is 1. The number of nitrogens with two attached hydrogens (primary N) is 1. The van der Waals surface area contributed by atoms with Crippen LogP contribution < -0.4 is 5.73 Å². The summed E-state index contributed by atoms with van der Waals surface area (Å²) in [6.07, 6.45) is 5.28. The zero-order valence-electron chi connectivity index (χ0n) is 30.8. The summed E-state index contributed by atoms with van der Waals surface area (Å²) >= 11 is 0. The van der Waals surface area contributed by atoms with E-state index in [1.807, 2.05) is 0 Å². The quantitative estimate of drug-likeness (QED) is 0.412. The van der Waals surface area contributed by atoms with Gasteiger partial charge in [-0.1, -0.05) is 13.2 Å². The summed E-state index contributed by atoms with van der Waals surface area (Å²) in [6.45, 7) is 9.88. The standard InChI is InChI=1S/C40H60FNO10/c1-21-6-7-25-8-10-29-22(2)15-26(48-29)5-4-13-45-38-37-30(51-39-36-31(12-14-46-36)52-40(38)39)11-9-27(49-37)17-24(43)18-28-33(19-32(21)47-25)50-34(35(28)44-3)16-23(41)20-42/h23,25-40H,1-2,4-20,42H2,3H3/t23-,25?,26?,27?,28?,29+,30?,31?,32-,33+,34?,35-,36?,37+,38?,39+,40?/m1/s1. The van der Waals surface area contributed by atoms with Gasteiger partial charge in [-0.15, -0.1) is 0 Å². The summed E-state index contributed by atoms with van der Waals surface area (Å²) in [4.78, 5) is 14.0. The minimum absolute atomic E-state index is 0.000865. The summed E-state index contributed by atoms with van der Waals surface area (Å²) in [5, 5.41) is 0. The van der Waals surface area contributed by atoms with Crippen LogP contribution in [-0.4, -0.2) is 130 Å². The number of hydrogen-bond donors (Lipinski definition) is 1. The Bertz CT molecular complexity index is 1290. The van der Waals surface area contributed by atoms with E-state index in [9.17, 15) is 9.18 Å². The van der Waals surface area contributed by atoms with E-state index in [1.54, 1.807) is 7.11 Å². The Balaban J connectivity index is 1.02. The number of rotatable bonds is 4. The molecule has 8 heterocycles. The van der Waals surface area contributed by atoms with Crippen LogP contribution in [0, 0.1) is 5.92 Å². The van der Waals surface area contributed by atoms with Gasteiger partial charge in [-0.25, -0.2) is 4.39 Å². The van der Waals surface area contributed by atoms with Crippen molar-refractivity contribution in [3.63, 3.8) is 0 Å². The summed E-state index contributed by atoms with van der Waals surface area (Å²) in [7, 11) is 1.62. The first-order valence-corrected chi connectivity index (χ1v) is 20.2. The van der Waals surface area contributed by atoms with Gasteiger partial charge >= 0.3 is 0 Å². The second kappa shape index (κ2) is 16.4. The molecule has 2 N–H and O–H groups in total. The Morgan fingerprint density at radius 1 is 0.731 bits per heavy atom.